The predicted molar refractivity (Wildman–Crippen MR) is 135 cm³/mol. The summed E-state index contributed by atoms with van der Waals surface area (Å²) in [5.41, 5.74) is 2.34. The first kappa shape index (κ1) is 19.5. The monoisotopic (exact) mass is 418 g/mol. The average Bonchev–Trinajstić information content (AvgIpc) is 2.85. The summed E-state index contributed by atoms with van der Waals surface area (Å²) in [6.07, 6.45) is 0. The summed E-state index contributed by atoms with van der Waals surface area (Å²) in [5, 5.41) is 6.62. The Bertz CT molecular complexity index is 1270. The number of benzene rings is 5. The van der Waals surface area contributed by atoms with Crippen LogP contribution in [-0.2, 0) is 0 Å². The van der Waals surface area contributed by atoms with Gasteiger partial charge in [-0.1, -0.05) is 115 Å². The molecule has 150 valence electrons. The van der Waals surface area contributed by atoms with Gasteiger partial charge in [0.25, 0.3) is 0 Å². The van der Waals surface area contributed by atoms with Gasteiger partial charge in [0.2, 0.25) is 0 Å². The van der Waals surface area contributed by atoms with Crippen LogP contribution in [0.25, 0.3) is 21.9 Å². The molecule has 0 aliphatic rings. The molecule has 5 aromatic rings. The van der Waals surface area contributed by atoms with Crippen molar-refractivity contribution in [3.63, 3.8) is 0 Å². The van der Waals surface area contributed by atoms with Crippen molar-refractivity contribution >= 4 is 34.6 Å². The number of para-hydroxylation sites is 1. The molecule has 0 unspecified atom stereocenters. The smallest absolute Gasteiger partial charge is 0.126 e. The van der Waals surface area contributed by atoms with Crippen molar-refractivity contribution in [2.45, 2.75) is 0 Å². The van der Waals surface area contributed by atoms with Crippen LogP contribution < -0.4 is 20.7 Å². The second-order valence-electron chi connectivity index (χ2n) is 7.39. The van der Waals surface area contributed by atoms with Crippen molar-refractivity contribution < 1.29 is 4.74 Å². The van der Waals surface area contributed by atoms with Gasteiger partial charge in [0.1, 0.15) is 5.75 Å². The van der Waals surface area contributed by atoms with E-state index in [4.69, 9.17) is 4.74 Å². The van der Waals surface area contributed by atoms with Crippen molar-refractivity contribution in [1.29, 1.82) is 0 Å². The summed E-state index contributed by atoms with van der Waals surface area (Å²) < 4.78 is 5.72. The first-order valence-electron chi connectivity index (χ1n) is 10.4. The maximum atomic E-state index is 5.72. The maximum Gasteiger partial charge on any atom is 0.126 e. The minimum absolute atomic E-state index is 0.707. The molecule has 31 heavy (non-hydrogen) atoms. The lowest BCUT2D eigenvalue weighted by atomic mass is 9.97. The molecule has 0 aromatic heterocycles. The van der Waals surface area contributed by atoms with E-state index >= 15 is 0 Å². The lowest BCUT2D eigenvalue weighted by Crippen LogP contribution is -2.21. The second kappa shape index (κ2) is 8.76. The lowest BCUT2D eigenvalue weighted by molar-refractivity contribution is 0.416. The fourth-order valence-corrected chi connectivity index (χ4v) is 6.68. The number of methoxy groups -OCH3 is 1. The predicted octanol–water partition coefficient (Wildman–Crippen LogP) is 6.27. The molecule has 0 aliphatic carbocycles. The van der Waals surface area contributed by atoms with Crippen molar-refractivity contribution in [1.82, 2.24) is 0 Å². The Morgan fingerprint density at radius 3 is 1.71 bits per heavy atom. The summed E-state index contributed by atoms with van der Waals surface area (Å²) in [6, 6.07) is 43.3. The molecule has 1 nitrogen and oxygen atoms in total. The first-order valence-corrected chi connectivity index (χ1v) is 11.8. The highest BCUT2D eigenvalue weighted by molar-refractivity contribution is 7.80. The van der Waals surface area contributed by atoms with Crippen molar-refractivity contribution in [3.8, 4) is 16.9 Å². The van der Waals surface area contributed by atoms with Gasteiger partial charge >= 0.3 is 0 Å². The highest BCUT2D eigenvalue weighted by Crippen LogP contribution is 2.40. The molecule has 5 rings (SSSR count). The third-order valence-electron chi connectivity index (χ3n) is 5.55. The van der Waals surface area contributed by atoms with Crippen LogP contribution in [0.5, 0.6) is 5.75 Å². The minimum atomic E-state index is -0.707. The van der Waals surface area contributed by atoms with Crippen LogP contribution in [0.3, 0.4) is 0 Å². The molecule has 0 bridgehead atoms. The van der Waals surface area contributed by atoms with Crippen LogP contribution >= 0.6 is 7.92 Å². The van der Waals surface area contributed by atoms with E-state index in [2.05, 4.69) is 109 Å². The molecule has 5 aromatic carbocycles. The molecule has 0 saturated heterocycles. The summed E-state index contributed by atoms with van der Waals surface area (Å²) in [4.78, 5) is 0. The Hall–Kier alpha value is -3.41. The first-order chi connectivity index (χ1) is 15.4. The Kier molecular flexibility index (Phi) is 5.52. The van der Waals surface area contributed by atoms with Crippen LogP contribution in [0.15, 0.2) is 121 Å². The molecule has 0 amide bonds. The fourth-order valence-electron chi connectivity index (χ4n) is 4.18. The van der Waals surface area contributed by atoms with Crippen molar-refractivity contribution in [2.24, 2.45) is 0 Å². The molecule has 2 heteroatoms. The van der Waals surface area contributed by atoms with Crippen LogP contribution in [-0.4, -0.2) is 7.11 Å². The summed E-state index contributed by atoms with van der Waals surface area (Å²) in [7, 11) is 1.03. The van der Waals surface area contributed by atoms with Gasteiger partial charge in [0, 0.05) is 5.56 Å². The van der Waals surface area contributed by atoms with Crippen molar-refractivity contribution in [2.75, 3.05) is 7.11 Å². The van der Waals surface area contributed by atoms with E-state index in [1.807, 2.05) is 12.1 Å². The molecule has 0 N–H and O–H groups in total. The topological polar surface area (TPSA) is 9.23 Å². The van der Waals surface area contributed by atoms with Gasteiger partial charge in [0.05, 0.1) is 7.11 Å². The summed E-state index contributed by atoms with van der Waals surface area (Å²) in [5.74, 6) is 0.897. The van der Waals surface area contributed by atoms with Crippen LogP contribution in [0.2, 0.25) is 0 Å². The Morgan fingerprint density at radius 2 is 1.06 bits per heavy atom. The van der Waals surface area contributed by atoms with E-state index in [-0.39, 0.29) is 0 Å². The van der Waals surface area contributed by atoms with Crippen molar-refractivity contribution in [3.05, 3.63) is 121 Å². The van der Waals surface area contributed by atoms with E-state index in [1.54, 1.807) is 7.11 Å². The van der Waals surface area contributed by atoms with Crippen LogP contribution in [0.1, 0.15) is 0 Å². The third kappa shape index (κ3) is 3.74. The lowest BCUT2D eigenvalue weighted by Gasteiger charge is -2.23. The van der Waals surface area contributed by atoms with E-state index in [9.17, 15) is 0 Å². The van der Waals surface area contributed by atoms with Crippen LogP contribution in [0, 0.1) is 0 Å². The zero-order chi connectivity index (χ0) is 21.0. The zero-order valence-corrected chi connectivity index (χ0v) is 18.3. The van der Waals surface area contributed by atoms with Gasteiger partial charge in [-0.3, -0.25) is 0 Å². The molecule has 0 spiro atoms. The highest BCUT2D eigenvalue weighted by Gasteiger charge is 2.21. The summed E-state index contributed by atoms with van der Waals surface area (Å²) >= 11 is 0. The van der Waals surface area contributed by atoms with Gasteiger partial charge < -0.3 is 4.74 Å². The SMILES string of the molecule is COc1ccccc1-c1cccc2cccc(P(c3ccccc3)c3ccccc3)c12. The minimum Gasteiger partial charge on any atom is -0.496 e. The van der Waals surface area contributed by atoms with Gasteiger partial charge in [-0.05, 0) is 46.2 Å². The molecule has 0 radical (unpaired) electrons. The largest absolute Gasteiger partial charge is 0.496 e. The number of hydrogen-bond acceptors (Lipinski definition) is 1. The standard InChI is InChI=1S/C29H23OP/c1-30-27-20-9-8-18-25(27)26-19-10-12-22-13-11-21-28(29(22)26)31(23-14-4-2-5-15-23)24-16-6-3-7-17-24/h2-21H,1H3. The Labute approximate surface area is 184 Å². The second-order valence-corrected chi connectivity index (χ2v) is 9.57. The molecule has 0 heterocycles. The Balaban J connectivity index is 1.84. The van der Waals surface area contributed by atoms with E-state index in [0.29, 0.717) is 0 Å². The fraction of sp³-hybridized carbons (Fsp3) is 0.0345. The number of fused-ring (bicyclic) bond motifs is 1. The summed E-state index contributed by atoms with van der Waals surface area (Å²) in [6.45, 7) is 0. The maximum absolute atomic E-state index is 5.72. The normalized spacial score (nSPS) is 11.0. The highest BCUT2D eigenvalue weighted by atomic mass is 31.1. The zero-order valence-electron chi connectivity index (χ0n) is 17.4. The number of rotatable bonds is 5. The molecule has 0 saturated carbocycles. The number of hydrogen-bond donors (Lipinski definition) is 0. The molecular formula is C29H23OP. The van der Waals surface area contributed by atoms with Gasteiger partial charge in [-0.25, -0.2) is 0 Å². The van der Waals surface area contributed by atoms with E-state index in [1.165, 1.54) is 32.2 Å². The average molecular weight is 418 g/mol. The van der Waals surface area contributed by atoms with E-state index < -0.39 is 7.92 Å². The molecule has 0 aliphatic heterocycles. The third-order valence-corrected chi connectivity index (χ3v) is 8.03. The Morgan fingerprint density at radius 1 is 0.516 bits per heavy atom. The van der Waals surface area contributed by atoms with Gasteiger partial charge in [-0.15, -0.1) is 0 Å². The van der Waals surface area contributed by atoms with Gasteiger partial charge in [-0.2, -0.15) is 0 Å². The number of ether oxygens (including phenoxy) is 1. The van der Waals surface area contributed by atoms with E-state index in [0.717, 1.165) is 11.3 Å². The molecule has 0 fully saturated rings. The van der Waals surface area contributed by atoms with Crippen LogP contribution in [0.4, 0.5) is 0 Å². The van der Waals surface area contributed by atoms with Gasteiger partial charge in [0.15, 0.2) is 0 Å². The quantitative estimate of drug-likeness (QED) is 0.306. The molecule has 0 atom stereocenters. The molecular weight excluding hydrogens is 395 g/mol.